The summed E-state index contributed by atoms with van der Waals surface area (Å²) in [4.78, 5) is 0. The van der Waals surface area contributed by atoms with E-state index in [1.807, 2.05) is 30.0 Å². The van der Waals surface area contributed by atoms with Crippen LogP contribution >= 0.6 is 11.8 Å². The molecular weight excluding hydrogens is 230 g/mol. The first kappa shape index (κ1) is 14.4. The normalized spacial score (nSPS) is 12.8. The van der Waals surface area contributed by atoms with Crippen molar-refractivity contribution in [2.45, 2.75) is 26.3 Å². The number of benzene rings is 1. The predicted molar refractivity (Wildman–Crippen MR) is 76.8 cm³/mol. The Labute approximate surface area is 109 Å². The van der Waals surface area contributed by atoms with Gasteiger partial charge in [0.25, 0.3) is 0 Å². The van der Waals surface area contributed by atoms with Crippen LogP contribution in [0.15, 0.2) is 24.3 Å². The highest BCUT2D eigenvalue weighted by Gasteiger charge is 2.08. The highest BCUT2D eigenvalue weighted by Crippen LogP contribution is 2.19. The average molecular weight is 253 g/mol. The predicted octanol–water partition coefficient (Wildman–Crippen LogP) is 2.95. The summed E-state index contributed by atoms with van der Waals surface area (Å²) in [5.41, 5.74) is 7.34. The second-order valence-corrected chi connectivity index (χ2v) is 5.78. The van der Waals surface area contributed by atoms with Crippen molar-refractivity contribution in [2.24, 2.45) is 11.7 Å². The van der Waals surface area contributed by atoms with Crippen LogP contribution in [0.4, 0.5) is 0 Å². The summed E-state index contributed by atoms with van der Waals surface area (Å²) in [5.74, 6) is 3.87. The largest absolute Gasteiger partial charge is 0.496 e. The van der Waals surface area contributed by atoms with Crippen LogP contribution in [0.5, 0.6) is 5.75 Å². The third kappa shape index (κ3) is 5.46. The molecule has 17 heavy (non-hydrogen) atoms. The highest BCUT2D eigenvalue weighted by atomic mass is 32.2. The van der Waals surface area contributed by atoms with Crippen LogP contribution in [0.1, 0.15) is 19.4 Å². The van der Waals surface area contributed by atoms with Crippen molar-refractivity contribution >= 4 is 11.8 Å². The van der Waals surface area contributed by atoms with Crippen LogP contribution in [0, 0.1) is 5.92 Å². The summed E-state index contributed by atoms with van der Waals surface area (Å²) in [5, 5.41) is 0. The molecule has 0 radical (unpaired) electrons. The third-order valence-corrected chi connectivity index (χ3v) is 4.02. The monoisotopic (exact) mass is 253 g/mol. The van der Waals surface area contributed by atoms with Crippen LogP contribution in [-0.4, -0.2) is 24.7 Å². The minimum absolute atomic E-state index is 0.204. The van der Waals surface area contributed by atoms with Gasteiger partial charge in [0.1, 0.15) is 5.75 Å². The van der Waals surface area contributed by atoms with Crippen LogP contribution < -0.4 is 10.5 Å². The Morgan fingerprint density at radius 3 is 2.59 bits per heavy atom. The van der Waals surface area contributed by atoms with Gasteiger partial charge < -0.3 is 10.5 Å². The van der Waals surface area contributed by atoms with E-state index in [0.717, 1.165) is 23.8 Å². The van der Waals surface area contributed by atoms with Crippen LogP contribution in [0.2, 0.25) is 0 Å². The van der Waals surface area contributed by atoms with Gasteiger partial charge >= 0.3 is 0 Å². The van der Waals surface area contributed by atoms with Gasteiger partial charge in [-0.1, -0.05) is 32.0 Å². The van der Waals surface area contributed by atoms with E-state index >= 15 is 0 Å². The van der Waals surface area contributed by atoms with Crippen LogP contribution in [0.3, 0.4) is 0 Å². The van der Waals surface area contributed by atoms with E-state index in [0.29, 0.717) is 0 Å². The first-order chi connectivity index (χ1) is 8.13. The Bertz CT molecular complexity index is 328. The molecule has 0 heterocycles. The molecule has 0 aliphatic heterocycles. The van der Waals surface area contributed by atoms with Gasteiger partial charge in [-0.15, -0.1) is 0 Å². The molecule has 2 nitrogen and oxygen atoms in total. The first-order valence-corrected chi connectivity index (χ1v) is 7.24. The molecule has 0 saturated heterocycles. The molecule has 3 heteroatoms. The SMILES string of the molecule is COc1ccccc1CC(N)CSCC(C)C. The quantitative estimate of drug-likeness (QED) is 0.811. The van der Waals surface area contributed by atoms with Gasteiger partial charge in [0.15, 0.2) is 0 Å². The molecule has 1 aromatic rings. The van der Waals surface area contributed by atoms with Crippen LogP contribution in [-0.2, 0) is 6.42 Å². The van der Waals surface area contributed by atoms with E-state index in [1.54, 1.807) is 7.11 Å². The zero-order valence-corrected chi connectivity index (χ0v) is 11.8. The topological polar surface area (TPSA) is 35.2 Å². The Kier molecular flexibility index (Phi) is 6.45. The van der Waals surface area contributed by atoms with Crippen molar-refractivity contribution in [3.8, 4) is 5.75 Å². The first-order valence-electron chi connectivity index (χ1n) is 6.08. The number of nitrogens with two attached hydrogens (primary N) is 1. The number of rotatable bonds is 7. The smallest absolute Gasteiger partial charge is 0.122 e. The third-order valence-electron chi connectivity index (χ3n) is 2.46. The Hall–Kier alpha value is -0.670. The average Bonchev–Trinajstić information content (AvgIpc) is 2.29. The Morgan fingerprint density at radius 1 is 1.24 bits per heavy atom. The number of para-hydroxylation sites is 1. The molecule has 0 saturated carbocycles. The number of ether oxygens (including phenoxy) is 1. The molecule has 0 bridgehead atoms. The highest BCUT2D eigenvalue weighted by molar-refractivity contribution is 7.99. The van der Waals surface area contributed by atoms with Crippen LogP contribution in [0.25, 0.3) is 0 Å². The van der Waals surface area contributed by atoms with Gasteiger partial charge in [0.05, 0.1) is 7.11 Å². The zero-order valence-electron chi connectivity index (χ0n) is 11.0. The summed E-state index contributed by atoms with van der Waals surface area (Å²) >= 11 is 1.94. The second-order valence-electron chi connectivity index (χ2n) is 4.71. The molecule has 0 aromatic heterocycles. The molecule has 1 atom stereocenters. The van der Waals surface area contributed by atoms with Gasteiger partial charge in [0, 0.05) is 11.8 Å². The van der Waals surface area contributed by atoms with E-state index in [-0.39, 0.29) is 6.04 Å². The maximum atomic E-state index is 6.14. The van der Waals surface area contributed by atoms with E-state index < -0.39 is 0 Å². The molecule has 0 amide bonds. The van der Waals surface area contributed by atoms with Crippen molar-refractivity contribution in [3.63, 3.8) is 0 Å². The summed E-state index contributed by atoms with van der Waals surface area (Å²) in [6.45, 7) is 4.47. The molecule has 1 aromatic carbocycles. The molecule has 0 aliphatic rings. The summed E-state index contributed by atoms with van der Waals surface area (Å²) in [6.07, 6.45) is 0.884. The zero-order chi connectivity index (χ0) is 12.7. The Morgan fingerprint density at radius 2 is 1.94 bits per heavy atom. The minimum atomic E-state index is 0.204. The molecule has 0 aliphatic carbocycles. The number of hydrogen-bond acceptors (Lipinski definition) is 3. The lowest BCUT2D eigenvalue weighted by molar-refractivity contribution is 0.408. The van der Waals surface area contributed by atoms with E-state index in [9.17, 15) is 0 Å². The Balaban J connectivity index is 2.41. The molecule has 1 rings (SSSR count). The van der Waals surface area contributed by atoms with Gasteiger partial charge in [0.2, 0.25) is 0 Å². The standard InChI is InChI=1S/C14H23NOS/c1-11(2)9-17-10-13(15)8-12-6-4-5-7-14(12)16-3/h4-7,11,13H,8-10,15H2,1-3H3. The lowest BCUT2D eigenvalue weighted by atomic mass is 10.1. The van der Waals surface area contributed by atoms with Crippen molar-refractivity contribution in [3.05, 3.63) is 29.8 Å². The summed E-state index contributed by atoms with van der Waals surface area (Å²) in [7, 11) is 1.71. The number of methoxy groups -OCH3 is 1. The van der Waals surface area contributed by atoms with Gasteiger partial charge in [-0.05, 0) is 29.7 Å². The molecule has 2 N–H and O–H groups in total. The van der Waals surface area contributed by atoms with E-state index in [1.165, 1.54) is 11.3 Å². The molecular formula is C14H23NOS. The number of hydrogen-bond donors (Lipinski definition) is 1. The van der Waals surface area contributed by atoms with E-state index in [4.69, 9.17) is 10.5 Å². The maximum Gasteiger partial charge on any atom is 0.122 e. The molecule has 96 valence electrons. The fourth-order valence-electron chi connectivity index (χ4n) is 1.67. The van der Waals surface area contributed by atoms with Crippen molar-refractivity contribution in [2.75, 3.05) is 18.6 Å². The van der Waals surface area contributed by atoms with Crippen molar-refractivity contribution < 1.29 is 4.74 Å². The molecule has 0 spiro atoms. The number of thioether (sulfide) groups is 1. The fourth-order valence-corrected chi connectivity index (χ4v) is 2.70. The summed E-state index contributed by atoms with van der Waals surface area (Å²) in [6, 6.07) is 8.30. The molecule has 0 fully saturated rings. The lowest BCUT2D eigenvalue weighted by Gasteiger charge is -2.14. The lowest BCUT2D eigenvalue weighted by Crippen LogP contribution is -2.26. The van der Waals surface area contributed by atoms with Gasteiger partial charge in [-0.25, -0.2) is 0 Å². The maximum absolute atomic E-state index is 6.14. The van der Waals surface area contributed by atoms with Crippen molar-refractivity contribution in [1.29, 1.82) is 0 Å². The van der Waals surface area contributed by atoms with E-state index in [2.05, 4.69) is 19.9 Å². The minimum Gasteiger partial charge on any atom is -0.496 e. The molecule has 1 unspecified atom stereocenters. The van der Waals surface area contributed by atoms with Gasteiger partial charge in [-0.3, -0.25) is 0 Å². The summed E-state index contributed by atoms with van der Waals surface area (Å²) < 4.78 is 5.33. The van der Waals surface area contributed by atoms with Gasteiger partial charge in [-0.2, -0.15) is 11.8 Å². The second kappa shape index (κ2) is 7.62. The van der Waals surface area contributed by atoms with Crippen molar-refractivity contribution in [1.82, 2.24) is 0 Å². The fraction of sp³-hybridized carbons (Fsp3) is 0.571.